The minimum Gasteiger partial charge on any atom is -0.497 e. The van der Waals surface area contributed by atoms with Gasteiger partial charge in [0, 0.05) is 26.2 Å². The molecule has 1 aromatic carbocycles. The summed E-state index contributed by atoms with van der Waals surface area (Å²) < 4.78 is 18.7. The molecule has 32 heavy (non-hydrogen) atoms. The molecule has 0 spiro atoms. The normalized spacial score (nSPS) is 14.6. The smallest absolute Gasteiger partial charge is 0.320 e. The number of rotatable bonds is 11. The van der Waals surface area contributed by atoms with Gasteiger partial charge in [0.05, 0.1) is 39.8 Å². The molecule has 9 heteroatoms. The number of morpholine rings is 1. The zero-order valence-electron chi connectivity index (χ0n) is 18.9. The van der Waals surface area contributed by atoms with Gasteiger partial charge in [-0.15, -0.1) is 0 Å². The molecule has 0 saturated carbocycles. The van der Waals surface area contributed by atoms with Crippen LogP contribution in [0.5, 0.6) is 11.8 Å². The molecule has 2 aromatic heterocycles. The molecule has 1 saturated heterocycles. The first-order chi connectivity index (χ1) is 15.8. The maximum Gasteiger partial charge on any atom is 0.320 e. The standard InChI is InChI=1S/C23H32N6O3/c1-3-4-12-32-23-26-21(24-8-9-28-10-13-31-14-11-28)20-22(27-23)29(17-25-20)16-18-6-5-7-19(15-18)30-2/h5-7,15,17H,3-4,8-14,16H2,1-2H3,(H,24,26,27). The van der Waals surface area contributed by atoms with Gasteiger partial charge in [0.15, 0.2) is 17.0 Å². The molecule has 9 nitrogen and oxygen atoms in total. The van der Waals surface area contributed by atoms with E-state index in [4.69, 9.17) is 14.2 Å². The number of fused-ring (bicyclic) bond motifs is 1. The number of nitrogens with one attached hydrogen (secondary N) is 1. The van der Waals surface area contributed by atoms with Crippen LogP contribution in [0, 0.1) is 0 Å². The molecule has 0 amide bonds. The molecule has 1 aliphatic heterocycles. The number of imidazole rings is 1. The minimum absolute atomic E-state index is 0.382. The number of hydrogen-bond acceptors (Lipinski definition) is 8. The van der Waals surface area contributed by atoms with Crippen molar-refractivity contribution in [3.05, 3.63) is 36.2 Å². The summed E-state index contributed by atoms with van der Waals surface area (Å²) in [6.45, 7) is 8.56. The SMILES string of the molecule is CCCCOc1nc(NCCN2CCOCC2)c2ncn(Cc3cccc(OC)c3)c2n1. The van der Waals surface area contributed by atoms with E-state index >= 15 is 0 Å². The average Bonchev–Trinajstić information content (AvgIpc) is 3.23. The van der Waals surface area contributed by atoms with Gasteiger partial charge in [0.1, 0.15) is 5.75 Å². The van der Waals surface area contributed by atoms with Crippen LogP contribution in [0.25, 0.3) is 11.2 Å². The fourth-order valence-electron chi connectivity index (χ4n) is 3.66. The highest BCUT2D eigenvalue weighted by molar-refractivity contribution is 5.83. The predicted octanol–water partition coefficient (Wildman–Crippen LogP) is 2.81. The molecule has 1 aliphatic rings. The van der Waals surface area contributed by atoms with Gasteiger partial charge >= 0.3 is 6.01 Å². The number of unbranched alkanes of at least 4 members (excludes halogenated alkanes) is 1. The minimum atomic E-state index is 0.382. The number of methoxy groups -OCH3 is 1. The lowest BCUT2D eigenvalue weighted by atomic mass is 10.2. The fraction of sp³-hybridized carbons (Fsp3) is 0.522. The Labute approximate surface area is 188 Å². The van der Waals surface area contributed by atoms with Crippen molar-refractivity contribution in [3.8, 4) is 11.8 Å². The van der Waals surface area contributed by atoms with Gasteiger partial charge in [-0.2, -0.15) is 9.97 Å². The van der Waals surface area contributed by atoms with E-state index in [0.717, 1.165) is 74.7 Å². The van der Waals surface area contributed by atoms with Gasteiger partial charge in [-0.25, -0.2) is 4.98 Å². The third-order valence-electron chi connectivity index (χ3n) is 5.48. The van der Waals surface area contributed by atoms with Gasteiger partial charge in [-0.3, -0.25) is 4.90 Å². The van der Waals surface area contributed by atoms with Crippen LogP contribution in [0.3, 0.4) is 0 Å². The summed E-state index contributed by atoms with van der Waals surface area (Å²) >= 11 is 0. The average molecular weight is 441 g/mol. The fourth-order valence-corrected chi connectivity index (χ4v) is 3.66. The molecule has 1 fully saturated rings. The Morgan fingerprint density at radius 1 is 1.19 bits per heavy atom. The van der Waals surface area contributed by atoms with Crippen LogP contribution in [0.2, 0.25) is 0 Å². The van der Waals surface area contributed by atoms with E-state index in [0.29, 0.717) is 25.0 Å². The van der Waals surface area contributed by atoms with Crippen molar-refractivity contribution in [1.29, 1.82) is 0 Å². The summed E-state index contributed by atoms with van der Waals surface area (Å²) in [6, 6.07) is 8.39. The first-order valence-electron chi connectivity index (χ1n) is 11.3. The Morgan fingerprint density at radius 3 is 2.88 bits per heavy atom. The third kappa shape index (κ3) is 5.66. The van der Waals surface area contributed by atoms with E-state index in [2.05, 4.69) is 38.2 Å². The monoisotopic (exact) mass is 440 g/mol. The number of aromatic nitrogens is 4. The molecule has 0 aliphatic carbocycles. The molecule has 0 radical (unpaired) electrons. The maximum absolute atomic E-state index is 5.85. The number of ether oxygens (including phenoxy) is 3. The zero-order valence-corrected chi connectivity index (χ0v) is 18.9. The second-order valence-electron chi connectivity index (χ2n) is 7.83. The van der Waals surface area contributed by atoms with Crippen molar-refractivity contribution in [3.63, 3.8) is 0 Å². The summed E-state index contributed by atoms with van der Waals surface area (Å²) in [5.41, 5.74) is 2.61. The Bertz CT molecular complexity index is 1000. The van der Waals surface area contributed by atoms with Crippen LogP contribution < -0.4 is 14.8 Å². The third-order valence-corrected chi connectivity index (χ3v) is 5.48. The number of nitrogens with zero attached hydrogens (tertiary/aromatic N) is 5. The molecule has 0 unspecified atom stereocenters. The lowest BCUT2D eigenvalue weighted by Gasteiger charge is -2.26. The summed E-state index contributed by atoms with van der Waals surface area (Å²) in [5, 5.41) is 3.45. The number of anilines is 1. The van der Waals surface area contributed by atoms with E-state index in [1.54, 1.807) is 7.11 Å². The highest BCUT2D eigenvalue weighted by Crippen LogP contribution is 2.23. The largest absolute Gasteiger partial charge is 0.497 e. The quantitative estimate of drug-likeness (QED) is 0.456. The second-order valence-corrected chi connectivity index (χ2v) is 7.83. The van der Waals surface area contributed by atoms with Gasteiger partial charge in [0.25, 0.3) is 0 Å². The van der Waals surface area contributed by atoms with Crippen LogP contribution in [-0.2, 0) is 11.3 Å². The van der Waals surface area contributed by atoms with Crippen molar-refractivity contribution >= 4 is 17.0 Å². The first kappa shape index (κ1) is 22.3. The molecule has 0 bridgehead atoms. The number of benzene rings is 1. The van der Waals surface area contributed by atoms with Crippen LogP contribution in [0.1, 0.15) is 25.3 Å². The highest BCUT2D eigenvalue weighted by atomic mass is 16.5. The molecule has 0 atom stereocenters. The van der Waals surface area contributed by atoms with E-state index in [1.165, 1.54) is 0 Å². The molecule has 172 valence electrons. The second kappa shape index (κ2) is 11.1. The molecular formula is C23H32N6O3. The first-order valence-corrected chi connectivity index (χ1v) is 11.3. The van der Waals surface area contributed by atoms with Gasteiger partial charge in [0.2, 0.25) is 0 Å². The van der Waals surface area contributed by atoms with E-state index in [1.807, 2.05) is 29.1 Å². The summed E-state index contributed by atoms with van der Waals surface area (Å²) in [4.78, 5) is 16.3. The predicted molar refractivity (Wildman–Crippen MR) is 124 cm³/mol. The molecule has 3 aromatic rings. The zero-order chi connectivity index (χ0) is 22.2. The van der Waals surface area contributed by atoms with Gasteiger partial charge < -0.3 is 24.1 Å². The van der Waals surface area contributed by atoms with Crippen molar-refractivity contribution < 1.29 is 14.2 Å². The van der Waals surface area contributed by atoms with Crippen molar-refractivity contribution in [2.24, 2.45) is 0 Å². The van der Waals surface area contributed by atoms with Crippen molar-refractivity contribution in [2.45, 2.75) is 26.3 Å². The summed E-state index contributed by atoms with van der Waals surface area (Å²) in [7, 11) is 1.67. The molecular weight excluding hydrogens is 408 g/mol. The highest BCUT2D eigenvalue weighted by Gasteiger charge is 2.16. The summed E-state index contributed by atoms with van der Waals surface area (Å²) in [6.07, 6.45) is 3.83. The Balaban J connectivity index is 1.55. The lowest BCUT2D eigenvalue weighted by Crippen LogP contribution is -2.39. The van der Waals surface area contributed by atoms with Crippen LogP contribution in [0.4, 0.5) is 5.82 Å². The Kier molecular flexibility index (Phi) is 7.73. The molecule has 4 rings (SSSR count). The van der Waals surface area contributed by atoms with Crippen LogP contribution >= 0.6 is 0 Å². The van der Waals surface area contributed by atoms with Crippen molar-refractivity contribution in [1.82, 2.24) is 24.4 Å². The topological polar surface area (TPSA) is 86.6 Å². The Morgan fingerprint density at radius 2 is 2.06 bits per heavy atom. The van der Waals surface area contributed by atoms with Crippen molar-refractivity contribution in [2.75, 3.05) is 58.4 Å². The molecule has 3 heterocycles. The molecule has 1 N–H and O–H groups in total. The summed E-state index contributed by atoms with van der Waals surface area (Å²) in [5.74, 6) is 1.54. The van der Waals surface area contributed by atoms with E-state index in [9.17, 15) is 0 Å². The van der Waals surface area contributed by atoms with E-state index in [-0.39, 0.29) is 0 Å². The van der Waals surface area contributed by atoms with Crippen LogP contribution in [0.15, 0.2) is 30.6 Å². The number of hydrogen-bond donors (Lipinski definition) is 1. The van der Waals surface area contributed by atoms with Crippen LogP contribution in [-0.4, -0.2) is 77.5 Å². The van der Waals surface area contributed by atoms with Gasteiger partial charge in [-0.05, 0) is 24.1 Å². The Hall–Kier alpha value is -2.91. The van der Waals surface area contributed by atoms with E-state index < -0.39 is 0 Å². The van der Waals surface area contributed by atoms with Gasteiger partial charge in [-0.1, -0.05) is 25.5 Å². The lowest BCUT2D eigenvalue weighted by molar-refractivity contribution is 0.0398. The maximum atomic E-state index is 5.85.